The zero-order valence-corrected chi connectivity index (χ0v) is 25.2. The predicted octanol–water partition coefficient (Wildman–Crippen LogP) is 5.92. The first-order chi connectivity index (χ1) is 18.9. The number of fused-ring (bicyclic) bond motifs is 1. The summed E-state index contributed by atoms with van der Waals surface area (Å²) in [6.45, 7) is 14.9. The maximum atomic E-state index is 13.4. The van der Waals surface area contributed by atoms with E-state index in [2.05, 4.69) is 9.97 Å². The van der Waals surface area contributed by atoms with Gasteiger partial charge in [-0.15, -0.1) is 0 Å². The van der Waals surface area contributed by atoms with Crippen molar-refractivity contribution in [3.05, 3.63) is 42.7 Å². The molecule has 1 aromatic carbocycles. The number of hydrogen-bond donors (Lipinski definition) is 1. The number of carbonyl (C=O) groups excluding carboxylic acids is 3. The average Bonchev–Trinajstić information content (AvgIpc) is 3.21. The number of benzene rings is 1. The summed E-state index contributed by atoms with van der Waals surface area (Å²) in [6.07, 6.45) is 0.838. The highest BCUT2D eigenvalue weighted by Crippen LogP contribution is 2.25. The van der Waals surface area contributed by atoms with E-state index in [1.54, 1.807) is 59.9 Å². The molecule has 0 atom stereocenters. The molecule has 0 saturated carbocycles. The Morgan fingerprint density at radius 3 is 2.05 bits per heavy atom. The van der Waals surface area contributed by atoms with Crippen LogP contribution in [0.2, 0.25) is 0 Å². The fourth-order valence-corrected chi connectivity index (χ4v) is 3.78. The highest BCUT2D eigenvalue weighted by molar-refractivity contribution is 5.89. The Balaban J connectivity index is 1.82. The summed E-state index contributed by atoms with van der Waals surface area (Å²) in [5.41, 5.74) is 4.97. The summed E-state index contributed by atoms with van der Waals surface area (Å²) < 4.78 is 18.1. The van der Waals surface area contributed by atoms with Crippen LogP contribution in [0.3, 0.4) is 0 Å². The molecule has 0 radical (unpaired) electrons. The third-order valence-corrected chi connectivity index (χ3v) is 5.41. The lowest BCUT2D eigenvalue weighted by molar-refractivity contribution is -0.00213. The number of amides is 3. The van der Waals surface area contributed by atoms with Gasteiger partial charge in [0.25, 0.3) is 0 Å². The molecule has 0 aliphatic carbocycles. The van der Waals surface area contributed by atoms with E-state index in [1.807, 2.05) is 49.7 Å². The molecule has 3 rings (SSSR count). The third-order valence-electron chi connectivity index (χ3n) is 5.41. The van der Waals surface area contributed by atoms with Crippen molar-refractivity contribution in [2.75, 3.05) is 23.8 Å². The highest BCUT2D eigenvalue weighted by atomic mass is 16.6. The van der Waals surface area contributed by atoms with Gasteiger partial charge in [0, 0.05) is 29.0 Å². The van der Waals surface area contributed by atoms with E-state index < -0.39 is 35.0 Å². The molecule has 0 aliphatic heterocycles. The lowest BCUT2D eigenvalue weighted by atomic mass is 10.1. The molecule has 2 aromatic heterocycles. The van der Waals surface area contributed by atoms with Crippen LogP contribution in [0.1, 0.15) is 62.3 Å². The minimum Gasteiger partial charge on any atom is -0.447 e. The molecule has 2 heterocycles. The number of rotatable bonds is 5. The van der Waals surface area contributed by atoms with E-state index in [4.69, 9.17) is 19.9 Å². The molecule has 12 nitrogen and oxygen atoms in total. The van der Waals surface area contributed by atoms with Crippen molar-refractivity contribution in [1.82, 2.24) is 19.4 Å². The smallest absolute Gasteiger partial charge is 0.419 e. The van der Waals surface area contributed by atoms with Gasteiger partial charge in [0.15, 0.2) is 0 Å². The van der Waals surface area contributed by atoms with Crippen LogP contribution in [0.25, 0.3) is 16.7 Å². The van der Waals surface area contributed by atoms with Crippen LogP contribution in [0.4, 0.5) is 26.0 Å². The molecule has 0 fully saturated rings. The molecule has 0 unspecified atom stereocenters. The molecule has 222 valence electrons. The Hall–Kier alpha value is -4.35. The number of imide groups is 1. The molecule has 3 amide bonds. The molecule has 41 heavy (non-hydrogen) atoms. The van der Waals surface area contributed by atoms with E-state index in [-0.39, 0.29) is 19.1 Å². The van der Waals surface area contributed by atoms with Crippen molar-refractivity contribution in [2.45, 2.75) is 79.1 Å². The first kappa shape index (κ1) is 31.2. The van der Waals surface area contributed by atoms with Crippen molar-refractivity contribution < 1.29 is 28.6 Å². The molecule has 0 aliphatic rings. The minimum absolute atomic E-state index is 0.119. The van der Waals surface area contributed by atoms with Crippen molar-refractivity contribution in [3.8, 4) is 5.82 Å². The Morgan fingerprint density at radius 2 is 1.49 bits per heavy atom. The van der Waals surface area contributed by atoms with E-state index in [0.717, 1.165) is 15.8 Å². The van der Waals surface area contributed by atoms with Crippen LogP contribution in [0.5, 0.6) is 0 Å². The second-order valence-corrected chi connectivity index (χ2v) is 12.5. The Bertz CT molecular complexity index is 1390. The second-order valence-electron chi connectivity index (χ2n) is 12.5. The lowest BCUT2D eigenvalue weighted by Crippen LogP contribution is -2.49. The number of nitrogens with two attached hydrogens (primary N) is 1. The monoisotopic (exact) mass is 568 g/mol. The van der Waals surface area contributed by atoms with Gasteiger partial charge in [-0.3, -0.25) is 0 Å². The van der Waals surface area contributed by atoms with Gasteiger partial charge in [0.05, 0.1) is 12.1 Å². The molecule has 0 bridgehead atoms. The Morgan fingerprint density at radius 1 is 0.878 bits per heavy atom. The Labute approximate surface area is 240 Å². The van der Waals surface area contributed by atoms with Gasteiger partial charge in [0.1, 0.15) is 23.6 Å². The predicted molar refractivity (Wildman–Crippen MR) is 156 cm³/mol. The van der Waals surface area contributed by atoms with Crippen LogP contribution in [-0.2, 0) is 14.2 Å². The summed E-state index contributed by atoms with van der Waals surface area (Å²) in [7, 11) is 0. The fourth-order valence-electron chi connectivity index (χ4n) is 3.78. The van der Waals surface area contributed by atoms with E-state index >= 15 is 0 Å². The maximum Gasteiger partial charge on any atom is 0.419 e. The summed E-state index contributed by atoms with van der Waals surface area (Å²) in [6, 6.07) is 9.21. The minimum atomic E-state index is -0.910. The fraction of sp³-hybridized carbons (Fsp3) is 0.483. The average molecular weight is 569 g/mol. The van der Waals surface area contributed by atoms with Crippen molar-refractivity contribution in [2.24, 2.45) is 0 Å². The van der Waals surface area contributed by atoms with E-state index in [9.17, 15) is 14.4 Å². The summed E-state index contributed by atoms with van der Waals surface area (Å²) in [5.74, 6) is 0.659. The van der Waals surface area contributed by atoms with Crippen LogP contribution in [-0.4, -0.2) is 67.6 Å². The van der Waals surface area contributed by atoms with Crippen LogP contribution < -0.4 is 10.6 Å². The topological polar surface area (TPSA) is 142 Å². The molecule has 3 aromatic rings. The molecule has 12 heteroatoms. The summed E-state index contributed by atoms with van der Waals surface area (Å²) in [4.78, 5) is 49.9. The van der Waals surface area contributed by atoms with Crippen LogP contribution in [0.15, 0.2) is 42.7 Å². The number of nitrogens with zero attached hydrogens (tertiary/aromatic N) is 5. The zero-order valence-electron chi connectivity index (χ0n) is 25.2. The van der Waals surface area contributed by atoms with Gasteiger partial charge < -0.3 is 24.5 Å². The molecular weight excluding hydrogens is 528 g/mol. The van der Waals surface area contributed by atoms with E-state index in [0.29, 0.717) is 11.5 Å². The summed E-state index contributed by atoms with van der Waals surface area (Å²) >= 11 is 0. The number of aromatic nitrogens is 3. The first-order valence-electron chi connectivity index (χ1n) is 13.3. The number of hydrogen-bond acceptors (Lipinski definition) is 9. The third kappa shape index (κ3) is 8.32. The molecular formula is C29H40N6O6. The molecule has 2 N–H and O–H groups in total. The molecule has 0 spiro atoms. The van der Waals surface area contributed by atoms with Gasteiger partial charge in [-0.25, -0.2) is 29.2 Å². The van der Waals surface area contributed by atoms with Crippen molar-refractivity contribution in [3.63, 3.8) is 0 Å². The molecule has 0 saturated heterocycles. The van der Waals surface area contributed by atoms with Gasteiger partial charge in [-0.1, -0.05) is 0 Å². The van der Waals surface area contributed by atoms with Gasteiger partial charge in [-0.05, 0) is 92.6 Å². The van der Waals surface area contributed by atoms with Gasteiger partial charge in [0.2, 0.25) is 5.95 Å². The lowest BCUT2D eigenvalue weighted by Gasteiger charge is -2.33. The van der Waals surface area contributed by atoms with Crippen LogP contribution >= 0.6 is 0 Å². The van der Waals surface area contributed by atoms with Crippen molar-refractivity contribution in [1.29, 1.82) is 0 Å². The number of nitrogen functional groups attached to an aromatic ring is 1. The summed E-state index contributed by atoms with van der Waals surface area (Å²) in [5, 5.41) is 0.941. The standard InChI is InChI=1S/C29H40N6O6/c1-27(2,3)35(23-31-14-12-22(32-23)33-15-13-19-18-20(30)10-11-21(19)33)26(38)39-17-16-34(24(36)40-28(4,5)6)25(37)41-29(7,8)9/h10-15,18H,16-17,30H2,1-9H3. The number of anilines is 2. The first-order valence-corrected chi connectivity index (χ1v) is 13.3. The zero-order chi connectivity index (χ0) is 30.8. The number of ether oxygens (including phenoxy) is 3. The van der Waals surface area contributed by atoms with Gasteiger partial charge >= 0.3 is 18.3 Å². The second kappa shape index (κ2) is 11.6. The Kier molecular flexibility index (Phi) is 8.85. The highest BCUT2D eigenvalue weighted by Gasteiger charge is 2.34. The quantitative estimate of drug-likeness (QED) is 0.293. The maximum absolute atomic E-state index is 13.4. The SMILES string of the molecule is CC(C)(C)OC(=O)N(CCOC(=O)N(c1nccc(-n2ccc3cc(N)ccc32)n1)C(C)(C)C)C(=O)OC(C)(C)C. The largest absolute Gasteiger partial charge is 0.447 e. The van der Waals surface area contributed by atoms with Crippen LogP contribution in [0, 0.1) is 0 Å². The van der Waals surface area contributed by atoms with Crippen molar-refractivity contribution >= 4 is 40.8 Å². The number of carbonyl (C=O) groups is 3. The van der Waals surface area contributed by atoms with E-state index in [1.165, 1.54) is 4.90 Å². The van der Waals surface area contributed by atoms with Gasteiger partial charge in [-0.2, -0.15) is 4.98 Å². The normalized spacial score (nSPS) is 12.1.